The summed E-state index contributed by atoms with van der Waals surface area (Å²) in [5.74, 6) is 1.04. The average Bonchev–Trinajstić information content (AvgIpc) is 2.54. The molecule has 0 aromatic heterocycles. The van der Waals surface area contributed by atoms with Crippen molar-refractivity contribution in [2.45, 2.75) is 59.0 Å². The number of amides is 1. The number of halogens is 1. The Balaban J connectivity index is 2.52. The van der Waals surface area contributed by atoms with Crippen molar-refractivity contribution >= 4 is 17.5 Å². The highest BCUT2D eigenvalue weighted by atomic mass is 35.5. The zero-order valence-electron chi connectivity index (χ0n) is 13.9. The first kappa shape index (κ1) is 18.8. The van der Waals surface area contributed by atoms with Crippen LogP contribution in [0, 0.1) is 5.92 Å². The number of unbranched alkanes of at least 4 members (excludes halogenated alkanes) is 1. The summed E-state index contributed by atoms with van der Waals surface area (Å²) in [5, 5.41) is 3.56. The Hall–Kier alpha value is -1.22. The molecule has 124 valence electrons. The third-order valence-corrected chi connectivity index (χ3v) is 4.19. The van der Waals surface area contributed by atoms with Crippen molar-refractivity contribution in [1.29, 1.82) is 0 Å². The fourth-order valence-electron chi connectivity index (χ4n) is 2.32. The minimum absolute atomic E-state index is 0.0580. The van der Waals surface area contributed by atoms with E-state index in [1.54, 1.807) is 12.1 Å². The van der Waals surface area contributed by atoms with Crippen LogP contribution in [0.1, 0.15) is 52.9 Å². The van der Waals surface area contributed by atoms with Crippen molar-refractivity contribution < 1.29 is 9.53 Å². The second-order valence-corrected chi connectivity index (χ2v) is 6.01. The summed E-state index contributed by atoms with van der Waals surface area (Å²) in [7, 11) is 0. The van der Waals surface area contributed by atoms with Gasteiger partial charge in [0, 0.05) is 6.54 Å². The monoisotopic (exact) mass is 325 g/mol. The number of carbonyl (C=O) groups is 1. The van der Waals surface area contributed by atoms with E-state index in [1.165, 1.54) is 12.8 Å². The van der Waals surface area contributed by atoms with Gasteiger partial charge < -0.3 is 10.1 Å². The summed E-state index contributed by atoms with van der Waals surface area (Å²) in [6.45, 7) is 7.02. The number of hydrogen-bond acceptors (Lipinski definition) is 2. The molecule has 0 bridgehead atoms. The number of rotatable bonds is 10. The third-order valence-electron chi connectivity index (χ3n) is 3.88. The van der Waals surface area contributed by atoms with Crippen LogP contribution in [-0.2, 0) is 4.79 Å². The van der Waals surface area contributed by atoms with E-state index in [-0.39, 0.29) is 5.91 Å². The van der Waals surface area contributed by atoms with Gasteiger partial charge in [0.2, 0.25) is 0 Å². The Morgan fingerprint density at radius 2 is 1.95 bits per heavy atom. The van der Waals surface area contributed by atoms with Crippen LogP contribution in [0.2, 0.25) is 5.02 Å². The Morgan fingerprint density at radius 1 is 1.23 bits per heavy atom. The fourth-order valence-corrected chi connectivity index (χ4v) is 2.50. The first-order chi connectivity index (χ1) is 10.6. The maximum absolute atomic E-state index is 12.3. The standard InChI is InChI=1S/C18H28ClNO2/c1-4-7-10-14(5-2)13-20-18(21)16(6-3)22-17-12-9-8-11-15(17)19/h8-9,11-12,14,16H,4-7,10,13H2,1-3H3,(H,20,21)/t14-,16-/m1/s1. The van der Waals surface area contributed by atoms with Crippen LogP contribution >= 0.6 is 11.6 Å². The maximum atomic E-state index is 12.3. The number of carbonyl (C=O) groups excluding carboxylic acids is 1. The molecule has 22 heavy (non-hydrogen) atoms. The maximum Gasteiger partial charge on any atom is 0.261 e. The molecule has 0 heterocycles. The largest absolute Gasteiger partial charge is 0.479 e. The Kier molecular flexibility index (Phi) is 8.98. The third kappa shape index (κ3) is 6.27. The smallest absolute Gasteiger partial charge is 0.261 e. The summed E-state index contributed by atoms with van der Waals surface area (Å²) in [5.41, 5.74) is 0. The van der Waals surface area contributed by atoms with Crippen LogP contribution in [-0.4, -0.2) is 18.6 Å². The van der Waals surface area contributed by atoms with E-state index >= 15 is 0 Å². The summed E-state index contributed by atoms with van der Waals surface area (Å²) in [6.07, 6.45) is 4.77. The average molecular weight is 326 g/mol. The van der Waals surface area contributed by atoms with Gasteiger partial charge in [-0.15, -0.1) is 0 Å². The molecule has 0 radical (unpaired) electrons. The molecule has 3 nitrogen and oxygen atoms in total. The molecule has 0 aliphatic carbocycles. The van der Waals surface area contributed by atoms with Crippen LogP contribution in [0.5, 0.6) is 5.75 Å². The van der Waals surface area contributed by atoms with E-state index in [0.717, 1.165) is 19.4 Å². The number of ether oxygens (including phenoxy) is 1. The van der Waals surface area contributed by atoms with Gasteiger partial charge in [-0.25, -0.2) is 0 Å². The van der Waals surface area contributed by atoms with Crippen LogP contribution in [0.15, 0.2) is 24.3 Å². The predicted octanol–water partition coefficient (Wildman–Crippen LogP) is 4.83. The van der Waals surface area contributed by atoms with Gasteiger partial charge in [0.15, 0.2) is 6.10 Å². The lowest BCUT2D eigenvalue weighted by molar-refractivity contribution is -0.128. The SMILES string of the molecule is CCCC[C@@H](CC)CNC(=O)[C@@H](CC)Oc1ccccc1Cl. The van der Waals surface area contributed by atoms with Crippen molar-refractivity contribution in [3.8, 4) is 5.75 Å². The van der Waals surface area contributed by atoms with E-state index in [1.807, 2.05) is 19.1 Å². The summed E-state index contributed by atoms with van der Waals surface area (Å²) in [4.78, 5) is 12.3. The zero-order valence-corrected chi connectivity index (χ0v) is 14.7. The van der Waals surface area contributed by atoms with Gasteiger partial charge in [0.25, 0.3) is 5.91 Å². The quantitative estimate of drug-likeness (QED) is 0.669. The zero-order chi connectivity index (χ0) is 16.4. The molecule has 1 amide bonds. The molecule has 0 spiro atoms. The van der Waals surface area contributed by atoms with Gasteiger partial charge in [-0.1, -0.05) is 63.8 Å². The van der Waals surface area contributed by atoms with Crippen molar-refractivity contribution in [2.75, 3.05) is 6.54 Å². The molecule has 0 unspecified atom stereocenters. The molecule has 2 atom stereocenters. The molecule has 0 fully saturated rings. The summed E-state index contributed by atoms with van der Waals surface area (Å²) >= 11 is 6.08. The van der Waals surface area contributed by atoms with Crippen LogP contribution in [0.4, 0.5) is 0 Å². The van der Waals surface area contributed by atoms with Gasteiger partial charge in [-0.05, 0) is 30.9 Å². The minimum atomic E-state index is -0.497. The minimum Gasteiger partial charge on any atom is -0.479 e. The van der Waals surface area contributed by atoms with E-state index in [4.69, 9.17) is 16.3 Å². The highest BCUT2D eigenvalue weighted by molar-refractivity contribution is 6.32. The molecule has 4 heteroatoms. The lowest BCUT2D eigenvalue weighted by Gasteiger charge is -2.20. The van der Waals surface area contributed by atoms with E-state index in [2.05, 4.69) is 19.2 Å². The molecule has 0 aliphatic heterocycles. The highest BCUT2D eigenvalue weighted by Crippen LogP contribution is 2.24. The van der Waals surface area contributed by atoms with E-state index in [0.29, 0.717) is 23.1 Å². The molecule has 0 saturated carbocycles. The van der Waals surface area contributed by atoms with Crippen molar-refractivity contribution in [1.82, 2.24) is 5.32 Å². The lowest BCUT2D eigenvalue weighted by atomic mass is 9.99. The predicted molar refractivity (Wildman–Crippen MR) is 92.5 cm³/mol. The van der Waals surface area contributed by atoms with Crippen molar-refractivity contribution in [2.24, 2.45) is 5.92 Å². The van der Waals surface area contributed by atoms with Gasteiger partial charge in [0.1, 0.15) is 5.75 Å². The Labute approximate surface area is 139 Å². The molecule has 1 aromatic rings. The van der Waals surface area contributed by atoms with Gasteiger partial charge in [-0.3, -0.25) is 4.79 Å². The van der Waals surface area contributed by atoms with Crippen LogP contribution < -0.4 is 10.1 Å². The molecule has 1 rings (SSSR count). The normalized spacial score (nSPS) is 13.5. The number of nitrogens with one attached hydrogen (secondary N) is 1. The molecular formula is C18H28ClNO2. The Bertz CT molecular complexity index is 450. The number of para-hydroxylation sites is 1. The fraction of sp³-hybridized carbons (Fsp3) is 0.611. The molecule has 0 aliphatic rings. The van der Waals surface area contributed by atoms with Gasteiger partial charge >= 0.3 is 0 Å². The molecular weight excluding hydrogens is 298 g/mol. The first-order valence-corrected chi connectivity index (χ1v) is 8.68. The highest BCUT2D eigenvalue weighted by Gasteiger charge is 2.20. The molecule has 1 aromatic carbocycles. The van der Waals surface area contributed by atoms with Crippen LogP contribution in [0.3, 0.4) is 0 Å². The molecule has 0 saturated heterocycles. The number of hydrogen-bond donors (Lipinski definition) is 1. The Morgan fingerprint density at radius 3 is 2.55 bits per heavy atom. The molecule has 1 N–H and O–H groups in total. The first-order valence-electron chi connectivity index (χ1n) is 8.31. The number of benzene rings is 1. The second-order valence-electron chi connectivity index (χ2n) is 5.61. The summed E-state index contributed by atoms with van der Waals surface area (Å²) < 4.78 is 5.76. The summed E-state index contributed by atoms with van der Waals surface area (Å²) in [6, 6.07) is 7.24. The van der Waals surface area contributed by atoms with Gasteiger partial charge in [-0.2, -0.15) is 0 Å². The van der Waals surface area contributed by atoms with Gasteiger partial charge in [0.05, 0.1) is 5.02 Å². The van der Waals surface area contributed by atoms with Crippen LogP contribution in [0.25, 0.3) is 0 Å². The van der Waals surface area contributed by atoms with E-state index in [9.17, 15) is 4.79 Å². The van der Waals surface area contributed by atoms with Crippen molar-refractivity contribution in [3.63, 3.8) is 0 Å². The van der Waals surface area contributed by atoms with Crippen molar-refractivity contribution in [3.05, 3.63) is 29.3 Å². The lowest BCUT2D eigenvalue weighted by Crippen LogP contribution is -2.40. The topological polar surface area (TPSA) is 38.3 Å². The second kappa shape index (κ2) is 10.5. The van der Waals surface area contributed by atoms with E-state index < -0.39 is 6.10 Å².